The minimum Gasteiger partial charge on any atom is -0.481 e. The van der Waals surface area contributed by atoms with Crippen LogP contribution in [-0.2, 0) is 14.3 Å². The highest BCUT2D eigenvalue weighted by Crippen LogP contribution is 2.23. The number of nitrogens with zero attached hydrogens (tertiary/aromatic N) is 5. The standard InChI is InChI=1S/C25H21ClN8O6/c1-40-25(39)28-17-6-2-14(3-7-17)18-11-20(30-31-24(18)38)19(12-23(36)37)29-22(35)9-4-15-10-16(26)5-8-21(15)34-13-27-32-33-34/h2-11,13,19H,12H2,1H3,(H,28,39)(H,29,35)(H,31,38)(H,36,37)/b9-4+/t19-/m0/s1. The van der Waals surface area contributed by atoms with E-state index in [0.717, 1.165) is 0 Å². The van der Waals surface area contributed by atoms with E-state index >= 15 is 0 Å². The second-order valence-electron chi connectivity index (χ2n) is 8.18. The molecule has 2 amide bonds. The van der Waals surface area contributed by atoms with E-state index in [9.17, 15) is 24.3 Å². The molecule has 1 atom stereocenters. The number of halogens is 1. The number of aliphatic carboxylic acids is 1. The van der Waals surface area contributed by atoms with Crippen molar-refractivity contribution in [2.75, 3.05) is 12.4 Å². The first-order valence-corrected chi connectivity index (χ1v) is 11.9. The number of H-pyrrole nitrogens is 1. The Kier molecular flexibility index (Phi) is 8.61. The molecule has 0 aliphatic rings. The Morgan fingerprint density at radius 2 is 1.95 bits per heavy atom. The van der Waals surface area contributed by atoms with Gasteiger partial charge in [0.15, 0.2) is 0 Å². The molecule has 0 saturated carbocycles. The van der Waals surface area contributed by atoms with E-state index < -0.39 is 36.0 Å². The van der Waals surface area contributed by atoms with Gasteiger partial charge in [-0.25, -0.2) is 9.89 Å². The van der Waals surface area contributed by atoms with Crippen LogP contribution in [0.2, 0.25) is 5.02 Å². The lowest BCUT2D eigenvalue weighted by atomic mass is 10.0. The van der Waals surface area contributed by atoms with Gasteiger partial charge in [-0.05, 0) is 58.5 Å². The third-order valence-corrected chi connectivity index (χ3v) is 5.74. The van der Waals surface area contributed by atoms with Crippen molar-refractivity contribution in [1.29, 1.82) is 0 Å². The minimum absolute atomic E-state index is 0.118. The lowest BCUT2D eigenvalue weighted by Gasteiger charge is -2.16. The van der Waals surface area contributed by atoms with Crippen LogP contribution in [0, 0.1) is 0 Å². The molecule has 4 aromatic rings. The van der Waals surface area contributed by atoms with Gasteiger partial charge in [0.1, 0.15) is 6.33 Å². The molecule has 0 saturated heterocycles. The van der Waals surface area contributed by atoms with E-state index in [1.165, 1.54) is 36.3 Å². The zero-order chi connectivity index (χ0) is 28.6. The second-order valence-corrected chi connectivity index (χ2v) is 8.62. The van der Waals surface area contributed by atoms with Crippen LogP contribution in [0.5, 0.6) is 0 Å². The van der Waals surface area contributed by atoms with Gasteiger partial charge < -0.3 is 15.2 Å². The van der Waals surface area contributed by atoms with Gasteiger partial charge >= 0.3 is 12.1 Å². The normalized spacial score (nSPS) is 11.7. The first kappa shape index (κ1) is 27.7. The number of ether oxygens (including phenoxy) is 1. The Balaban J connectivity index is 1.57. The number of amides is 2. The molecule has 0 radical (unpaired) electrons. The maximum atomic E-state index is 12.8. The van der Waals surface area contributed by atoms with E-state index in [2.05, 4.69) is 41.1 Å². The Morgan fingerprint density at radius 1 is 1.18 bits per heavy atom. The van der Waals surface area contributed by atoms with Gasteiger partial charge in [0.25, 0.3) is 5.56 Å². The monoisotopic (exact) mass is 564 g/mol. The molecular weight excluding hydrogens is 544 g/mol. The highest BCUT2D eigenvalue weighted by molar-refractivity contribution is 6.30. The van der Waals surface area contributed by atoms with Gasteiger partial charge in [-0.1, -0.05) is 23.7 Å². The Bertz CT molecular complexity index is 1620. The van der Waals surface area contributed by atoms with Gasteiger partial charge in [0.2, 0.25) is 5.91 Å². The lowest BCUT2D eigenvalue weighted by Crippen LogP contribution is -2.30. The number of carboxylic acids is 1. The summed E-state index contributed by atoms with van der Waals surface area (Å²) in [4.78, 5) is 48.3. The Hall–Kier alpha value is -5.37. The van der Waals surface area contributed by atoms with Gasteiger partial charge in [-0.2, -0.15) is 9.78 Å². The molecule has 0 spiro atoms. The summed E-state index contributed by atoms with van der Waals surface area (Å²) in [6.07, 6.45) is 2.90. The van der Waals surface area contributed by atoms with E-state index in [1.54, 1.807) is 42.5 Å². The van der Waals surface area contributed by atoms with E-state index in [-0.39, 0.29) is 11.3 Å². The number of aromatic amines is 1. The summed E-state index contributed by atoms with van der Waals surface area (Å²) in [7, 11) is 1.23. The van der Waals surface area contributed by atoms with Crippen LogP contribution < -0.4 is 16.2 Å². The Morgan fingerprint density at radius 3 is 2.62 bits per heavy atom. The van der Waals surface area contributed by atoms with Gasteiger partial charge in [-0.3, -0.25) is 19.7 Å². The maximum Gasteiger partial charge on any atom is 0.411 e. The largest absolute Gasteiger partial charge is 0.481 e. The number of benzene rings is 2. The minimum atomic E-state index is -1.20. The highest BCUT2D eigenvalue weighted by Gasteiger charge is 2.21. The van der Waals surface area contributed by atoms with Crippen LogP contribution in [0.15, 0.2) is 65.7 Å². The summed E-state index contributed by atoms with van der Waals surface area (Å²) in [5, 5.41) is 32.3. The van der Waals surface area contributed by atoms with Crippen LogP contribution in [-0.4, -0.2) is 60.6 Å². The summed E-state index contributed by atoms with van der Waals surface area (Å²) in [5.41, 5.74) is 1.75. The zero-order valence-electron chi connectivity index (χ0n) is 20.7. The van der Waals surface area contributed by atoms with Crippen LogP contribution in [0.4, 0.5) is 10.5 Å². The van der Waals surface area contributed by atoms with Crippen molar-refractivity contribution in [3.8, 4) is 16.8 Å². The van der Waals surface area contributed by atoms with Crippen LogP contribution in [0.1, 0.15) is 23.7 Å². The molecule has 0 fully saturated rings. The van der Waals surface area contributed by atoms with Crippen LogP contribution in [0.25, 0.3) is 22.9 Å². The summed E-state index contributed by atoms with van der Waals surface area (Å²) in [5.74, 6) is -1.82. The fourth-order valence-corrected chi connectivity index (χ4v) is 3.83. The van der Waals surface area contributed by atoms with Gasteiger partial charge in [0, 0.05) is 22.3 Å². The van der Waals surface area contributed by atoms with Crippen LogP contribution in [0.3, 0.4) is 0 Å². The molecule has 4 rings (SSSR count). The Labute approximate surface area is 230 Å². The van der Waals surface area contributed by atoms with Gasteiger partial charge in [-0.15, -0.1) is 5.10 Å². The van der Waals surface area contributed by atoms with Crippen molar-refractivity contribution >= 4 is 41.3 Å². The van der Waals surface area contributed by atoms with Crippen molar-refractivity contribution in [2.24, 2.45) is 0 Å². The highest BCUT2D eigenvalue weighted by atomic mass is 35.5. The molecule has 2 aromatic carbocycles. The number of carboxylic acid groups (broad SMARTS) is 1. The molecule has 14 nitrogen and oxygen atoms in total. The molecule has 40 heavy (non-hydrogen) atoms. The van der Waals surface area contributed by atoms with Crippen molar-refractivity contribution in [2.45, 2.75) is 12.5 Å². The third-order valence-electron chi connectivity index (χ3n) is 5.50. The number of nitrogens with one attached hydrogen (secondary N) is 3. The van der Waals surface area contributed by atoms with E-state index in [1.807, 2.05) is 0 Å². The third kappa shape index (κ3) is 6.93. The first-order valence-electron chi connectivity index (χ1n) is 11.5. The first-order chi connectivity index (χ1) is 19.2. The average Bonchev–Trinajstić information content (AvgIpc) is 3.47. The number of methoxy groups -OCH3 is 1. The van der Waals surface area contributed by atoms with Gasteiger partial charge in [0.05, 0.1) is 36.5 Å². The van der Waals surface area contributed by atoms with Crippen molar-refractivity contribution in [3.05, 3.63) is 87.6 Å². The number of hydrogen-bond donors (Lipinski definition) is 4. The fourth-order valence-electron chi connectivity index (χ4n) is 3.64. The smallest absolute Gasteiger partial charge is 0.411 e. The van der Waals surface area contributed by atoms with Crippen molar-refractivity contribution < 1.29 is 24.2 Å². The zero-order valence-corrected chi connectivity index (χ0v) is 21.5. The number of hydrogen-bond acceptors (Lipinski definition) is 9. The number of carbonyl (C=O) groups is 3. The maximum absolute atomic E-state index is 12.8. The molecule has 0 aliphatic heterocycles. The SMILES string of the molecule is COC(=O)Nc1ccc(-c2cc([C@H](CC(=O)O)NC(=O)/C=C/c3cc(Cl)ccc3-n3cnnn3)n[nH]c2=O)cc1. The molecule has 4 N–H and O–H groups in total. The summed E-state index contributed by atoms with van der Waals surface area (Å²) >= 11 is 6.11. The number of carbonyl (C=O) groups excluding carboxylic acids is 2. The molecule has 2 aromatic heterocycles. The topological polar surface area (TPSA) is 194 Å². The predicted octanol–water partition coefficient (Wildman–Crippen LogP) is 2.59. The molecule has 0 bridgehead atoms. The molecule has 15 heteroatoms. The number of aromatic nitrogens is 6. The molecule has 0 aliphatic carbocycles. The summed E-state index contributed by atoms with van der Waals surface area (Å²) in [6, 6.07) is 11.5. The quantitative estimate of drug-likeness (QED) is 0.219. The molecular formula is C25H21ClN8O6. The van der Waals surface area contributed by atoms with Crippen molar-refractivity contribution in [1.82, 2.24) is 35.7 Å². The average molecular weight is 565 g/mol. The van der Waals surface area contributed by atoms with Crippen molar-refractivity contribution in [3.63, 3.8) is 0 Å². The van der Waals surface area contributed by atoms with Crippen LogP contribution >= 0.6 is 11.6 Å². The number of tetrazole rings is 1. The molecule has 2 heterocycles. The van der Waals surface area contributed by atoms with E-state index in [0.29, 0.717) is 27.5 Å². The fraction of sp³-hybridized carbons (Fsp3) is 0.120. The summed E-state index contributed by atoms with van der Waals surface area (Å²) in [6.45, 7) is 0. The van der Waals surface area contributed by atoms with E-state index in [4.69, 9.17) is 11.6 Å². The molecule has 204 valence electrons. The predicted molar refractivity (Wildman–Crippen MR) is 143 cm³/mol. The second kappa shape index (κ2) is 12.4. The lowest BCUT2D eigenvalue weighted by molar-refractivity contribution is -0.137. The molecule has 0 unspecified atom stereocenters. The number of rotatable bonds is 9. The number of anilines is 1. The summed E-state index contributed by atoms with van der Waals surface area (Å²) < 4.78 is 5.94.